The van der Waals surface area contributed by atoms with Crippen LogP contribution in [0.5, 0.6) is 5.88 Å². The Morgan fingerprint density at radius 1 is 1.43 bits per heavy atom. The summed E-state index contributed by atoms with van der Waals surface area (Å²) >= 11 is 0. The number of carbonyl (C=O) groups is 1. The minimum absolute atomic E-state index is 0.0107. The van der Waals surface area contributed by atoms with E-state index in [0.717, 1.165) is 18.5 Å². The van der Waals surface area contributed by atoms with Crippen molar-refractivity contribution in [1.29, 1.82) is 0 Å². The zero-order chi connectivity index (χ0) is 16.4. The molecule has 1 fully saturated rings. The zero-order valence-corrected chi connectivity index (χ0v) is 13.5. The summed E-state index contributed by atoms with van der Waals surface area (Å²) in [7, 11) is 0. The van der Waals surface area contributed by atoms with Gasteiger partial charge in [0.1, 0.15) is 6.10 Å². The van der Waals surface area contributed by atoms with Crippen molar-refractivity contribution in [2.45, 2.75) is 33.3 Å². The summed E-state index contributed by atoms with van der Waals surface area (Å²) in [5, 5.41) is 3.85. The predicted octanol–water partition coefficient (Wildman–Crippen LogP) is 2.08. The Morgan fingerprint density at radius 2 is 2.26 bits per heavy atom. The average Bonchev–Trinajstić information content (AvgIpc) is 3.16. The van der Waals surface area contributed by atoms with Crippen LogP contribution in [0.3, 0.4) is 0 Å². The Hall–Kier alpha value is -2.44. The molecule has 0 spiro atoms. The van der Waals surface area contributed by atoms with Crippen LogP contribution in [0.1, 0.15) is 26.2 Å². The smallest absolute Gasteiger partial charge is 0.225 e. The lowest BCUT2D eigenvalue weighted by Crippen LogP contribution is -2.33. The monoisotopic (exact) mass is 316 g/mol. The molecule has 1 atom stereocenters. The van der Waals surface area contributed by atoms with Gasteiger partial charge in [0.15, 0.2) is 0 Å². The maximum Gasteiger partial charge on any atom is 0.225 e. The molecule has 0 saturated carbocycles. The lowest BCUT2D eigenvalue weighted by molar-refractivity contribution is -0.133. The Morgan fingerprint density at radius 3 is 2.87 bits per heavy atom. The fraction of sp³-hybridized carbons (Fsp3) is 0.500. The molecule has 1 saturated heterocycles. The molecule has 0 bridgehead atoms. The van der Waals surface area contributed by atoms with Gasteiger partial charge in [-0.1, -0.05) is 19.0 Å². The Labute approximate surface area is 134 Å². The second-order valence-electron chi connectivity index (χ2n) is 5.99. The summed E-state index contributed by atoms with van der Waals surface area (Å²) in [5.74, 6) is 1.76. The van der Waals surface area contributed by atoms with E-state index >= 15 is 0 Å². The van der Waals surface area contributed by atoms with Gasteiger partial charge in [0.25, 0.3) is 0 Å². The highest BCUT2D eigenvalue weighted by atomic mass is 16.5. The molecule has 7 heteroatoms. The van der Waals surface area contributed by atoms with Crippen LogP contribution in [0.2, 0.25) is 0 Å². The molecule has 0 unspecified atom stereocenters. The second kappa shape index (κ2) is 6.36. The van der Waals surface area contributed by atoms with Gasteiger partial charge in [-0.15, -0.1) is 0 Å². The standard InChI is InChI=1S/C16H20N4O3/c1-10(2)16(21)20-7-6-13(9-20)22-14-5-4-12(8-17-14)15-18-11(3)23-19-15/h4-5,8,10,13H,6-7,9H2,1-3H3/t13-/m0/s1. The minimum atomic E-state index is -0.0107. The van der Waals surface area contributed by atoms with Gasteiger partial charge in [0.05, 0.1) is 6.54 Å². The number of pyridine rings is 1. The van der Waals surface area contributed by atoms with Crippen LogP contribution < -0.4 is 4.74 Å². The molecule has 122 valence electrons. The molecular formula is C16H20N4O3. The quantitative estimate of drug-likeness (QED) is 0.859. The second-order valence-corrected chi connectivity index (χ2v) is 5.99. The molecule has 0 radical (unpaired) electrons. The first kappa shape index (κ1) is 15.5. The van der Waals surface area contributed by atoms with E-state index < -0.39 is 0 Å². The first-order chi connectivity index (χ1) is 11.0. The molecule has 23 heavy (non-hydrogen) atoms. The first-order valence-corrected chi connectivity index (χ1v) is 7.75. The highest BCUT2D eigenvalue weighted by molar-refractivity contribution is 5.78. The van der Waals surface area contributed by atoms with E-state index in [1.54, 1.807) is 19.2 Å². The zero-order valence-electron chi connectivity index (χ0n) is 13.5. The van der Waals surface area contributed by atoms with E-state index in [0.29, 0.717) is 24.1 Å². The molecule has 7 nitrogen and oxygen atoms in total. The fourth-order valence-corrected chi connectivity index (χ4v) is 2.56. The Kier molecular flexibility index (Phi) is 4.27. The van der Waals surface area contributed by atoms with Gasteiger partial charge in [0.2, 0.25) is 23.5 Å². The van der Waals surface area contributed by atoms with Crippen molar-refractivity contribution in [3.05, 3.63) is 24.2 Å². The highest BCUT2D eigenvalue weighted by Crippen LogP contribution is 2.21. The SMILES string of the molecule is Cc1nc(-c2ccc(O[C@H]3CCN(C(=O)C(C)C)C3)nc2)no1. The topological polar surface area (TPSA) is 81.4 Å². The number of hydrogen-bond acceptors (Lipinski definition) is 6. The maximum atomic E-state index is 12.0. The van der Waals surface area contributed by atoms with Crippen LogP contribution in [-0.2, 0) is 4.79 Å². The fourth-order valence-electron chi connectivity index (χ4n) is 2.56. The van der Waals surface area contributed by atoms with Gasteiger partial charge in [-0.25, -0.2) is 4.98 Å². The lowest BCUT2D eigenvalue weighted by Gasteiger charge is -2.18. The molecule has 2 aromatic heterocycles. The number of amides is 1. The van der Waals surface area contributed by atoms with Gasteiger partial charge in [-0.05, 0) is 6.07 Å². The minimum Gasteiger partial charge on any atom is -0.472 e. The lowest BCUT2D eigenvalue weighted by atomic mass is 10.2. The van der Waals surface area contributed by atoms with Gasteiger partial charge in [0, 0.05) is 43.6 Å². The van der Waals surface area contributed by atoms with Crippen LogP contribution in [0.4, 0.5) is 0 Å². The van der Waals surface area contributed by atoms with E-state index in [2.05, 4.69) is 15.1 Å². The summed E-state index contributed by atoms with van der Waals surface area (Å²) in [5.41, 5.74) is 0.775. The molecule has 0 N–H and O–H groups in total. The van der Waals surface area contributed by atoms with Crippen LogP contribution in [0.15, 0.2) is 22.9 Å². The summed E-state index contributed by atoms with van der Waals surface area (Å²) < 4.78 is 10.8. The normalized spacial score (nSPS) is 17.7. The molecular weight excluding hydrogens is 296 g/mol. The number of nitrogens with zero attached hydrogens (tertiary/aromatic N) is 4. The highest BCUT2D eigenvalue weighted by Gasteiger charge is 2.28. The largest absolute Gasteiger partial charge is 0.472 e. The summed E-state index contributed by atoms with van der Waals surface area (Å²) in [6, 6.07) is 3.63. The van der Waals surface area contributed by atoms with E-state index in [4.69, 9.17) is 9.26 Å². The molecule has 0 aromatic carbocycles. The molecule has 1 aliphatic rings. The number of likely N-dealkylation sites (tertiary alicyclic amines) is 1. The Balaban J connectivity index is 1.60. The van der Waals surface area contributed by atoms with Crippen molar-refractivity contribution in [3.8, 4) is 17.3 Å². The summed E-state index contributed by atoms with van der Waals surface area (Å²) in [4.78, 5) is 22.3. The van der Waals surface area contributed by atoms with Crippen molar-refractivity contribution < 1.29 is 14.1 Å². The maximum absolute atomic E-state index is 12.0. The first-order valence-electron chi connectivity index (χ1n) is 7.75. The number of aromatic nitrogens is 3. The van der Waals surface area contributed by atoms with E-state index in [1.165, 1.54) is 0 Å². The van der Waals surface area contributed by atoms with E-state index in [1.807, 2.05) is 24.8 Å². The number of aryl methyl sites for hydroxylation is 1. The third-order valence-electron chi connectivity index (χ3n) is 3.76. The van der Waals surface area contributed by atoms with Gasteiger partial charge in [-0.2, -0.15) is 4.98 Å². The van der Waals surface area contributed by atoms with Crippen molar-refractivity contribution in [1.82, 2.24) is 20.0 Å². The molecule has 3 rings (SSSR count). The molecule has 2 aromatic rings. The number of carbonyl (C=O) groups excluding carboxylic acids is 1. The average molecular weight is 316 g/mol. The van der Waals surface area contributed by atoms with Crippen LogP contribution >= 0.6 is 0 Å². The third-order valence-corrected chi connectivity index (χ3v) is 3.76. The number of hydrogen-bond donors (Lipinski definition) is 0. The predicted molar refractivity (Wildman–Crippen MR) is 82.7 cm³/mol. The number of rotatable bonds is 4. The van der Waals surface area contributed by atoms with E-state index in [-0.39, 0.29) is 17.9 Å². The van der Waals surface area contributed by atoms with Gasteiger partial charge >= 0.3 is 0 Å². The summed E-state index contributed by atoms with van der Waals surface area (Å²) in [6.07, 6.45) is 2.47. The van der Waals surface area contributed by atoms with Crippen LogP contribution in [0, 0.1) is 12.8 Å². The van der Waals surface area contributed by atoms with Crippen molar-refractivity contribution in [2.24, 2.45) is 5.92 Å². The summed E-state index contributed by atoms with van der Waals surface area (Å²) in [6.45, 7) is 6.92. The van der Waals surface area contributed by atoms with Gasteiger partial charge < -0.3 is 14.2 Å². The molecule has 0 aliphatic carbocycles. The van der Waals surface area contributed by atoms with Crippen LogP contribution in [0.25, 0.3) is 11.4 Å². The van der Waals surface area contributed by atoms with E-state index in [9.17, 15) is 4.79 Å². The van der Waals surface area contributed by atoms with Crippen molar-refractivity contribution in [2.75, 3.05) is 13.1 Å². The third kappa shape index (κ3) is 3.49. The number of ether oxygens (including phenoxy) is 1. The van der Waals surface area contributed by atoms with Crippen LogP contribution in [-0.4, -0.2) is 45.1 Å². The Bertz CT molecular complexity index is 681. The van der Waals surface area contributed by atoms with Gasteiger partial charge in [-0.3, -0.25) is 4.79 Å². The van der Waals surface area contributed by atoms with Crippen molar-refractivity contribution in [3.63, 3.8) is 0 Å². The molecule has 3 heterocycles. The molecule has 1 amide bonds. The molecule has 1 aliphatic heterocycles. The van der Waals surface area contributed by atoms with Crippen molar-refractivity contribution >= 4 is 5.91 Å².